The molecule has 0 amide bonds. The van der Waals surface area contributed by atoms with Crippen molar-refractivity contribution in [3.05, 3.63) is 36.8 Å². The fourth-order valence-corrected chi connectivity index (χ4v) is 2.29. The summed E-state index contributed by atoms with van der Waals surface area (Å²) in [5, 5.41) is 9.06. The Kier molecular flexibility index (Phi) is 1.88. The van der Waals surface area contributed by atoms with E-state index in [-0.39, 0.29) is 0 Å². The Morgan fingerprint density at radius 2 is 2.05 bits per heavy atom. The molecule has 0 spiro atoms. The normalized spacial score (nSPS) is 11.4. The van der Waals surface area contributed by atoms with Gasteiger partial charge in [0, 0.05) is 17.3 Å². The van der Waals surface area contributed by atoms with Crippen molar-refractivity contribution in [1.82, 2.24) is 25.1 Å². The van der Waals surface area contributed by atoms with Crippen molar-refractivity contribution in [3.63, 3.8) is 0 Å². The number of nitrogens with two attached hydrogens (primary N) is 1. The molecule has 4 aromatic rings. The molecule has 0 unspecified atom stereocenters. The van der Waals surface area contributed by atoms with E-state index in [4.69, 9.17) is 5.73 Å². The third-order valence-electron chi connectivity index (χ3n) is 3.22. The van der Waals surface area contributed by atoms with Crippen molar-refractivity contribution < 1.29 is 0 Å². The molecule has 0 saturated heterocycles. The molecular weight excluding hydrogens is 240 g/mol. The second-order valence-corrected chi connectivity index (χ2v) is 4.34. The molecule has 6 nitrogen and oxygen atoms in total. The number of benzene rings is 1. The first-order valence-electron chi connectivity index (χ1n) is 5.85. The standard InChI is InChI=1S/C13H10N6/c14-12-10-11(18-19-13(10)17-6-16-12)8-2-1-7-3-4-15-9(7)5-8/h1-6,15H,(H3,14,16,17,18,19). The maximum absolute atomic E-state index is 5.91. The molecule has 3 aromatic heterocycles. The molecule has 4 N–H and O–H groups in total. The lowest BCUT2D eigenvalue weighted by Crippen LogP contribution is -1.92. The Bertz CT molecular complexity index is 888. The van der Waals surface area contributed by atoms with Gasteiger partial charge in [0.15, 0.2) is 5.65 Å². The summed E-state index contributed by atoms with van der Waals surface area (Å²) in [5.74, 6) is 0.431. The molecule has 92 valence electrons. The second-order valence-electron chi connectivity index (χ2n) is 4.34. The highest BCUT2D eigenvalue weighted by Gasteiger charge is 2.12. The zero-order chi connectivity index (χ0) is 12.8. The van der Waals surface area contributed by atoms with Crippen molar-refractivity contribution >= 4 is 27.8 Å². The van der Waals surface area contributed by atoms with E-state index >= 15 is 0 Å². The van der Waals surface area contributed by atoms with E-state index in [0.29, 0.717) is 11.5 Å². The minimum absolute atomic E-state index is 0.431. The molecule has 6 heteroatoms. The second kappa shape index (κ2) is 3.55. The van der Waals surface area contributed by atoms with Gasteiger partial charge >= 0.3 is 0 Å². The number of hydrogen-bond acceptors (Lipinski definition) is 4. The lowest BCUT2D eigenvalue weighted by Gasteiger charge is -2.01. The maximum Gasteiger partial charge on any atom is 0.186 e. The monoisotopic (exact) mass is 250 g/mol. The number of H-pyrrole nitrogens is 2. The van der Waals surface area contributed by atoms with Crippen LogP contribution in [-0.4, -0.2) is 25.1 Å². The zero-order valence-corrected chi connectivity index (χ0v) is 9.88. The predicted octanol–water partition coefficient (Wildman–Crippen LogP) is 2.08. The molecule has 0 aliphatic rings. The number of hydrogen-bond donors (Lipinski definition) is 3. The molecule has 0 atom stereocenters. The van der Waals surface area contributed by atoms with Gasteiger partial charge in [0.2, 0.25) is 0 Å². The Hall–Kier alpha value is -2.89. The summed E-state index contributed by atoms with van der Waals surface area (Å²) in [7, 11) is 0. The number of aromatic nitrogens is 5. The number of nitrogens with one attached hydrogen (secondary N) is 2. The molecule has 4 rings (SSSR count). The van der Waals surface area contributed by atoms with Gasteiger partial charge in [-0.05, 0) is 17.5 Å². The maximum atomic E-state index is 5.91. The van der Waals surface area contributed by atoms with Gasteiger partial charge < -0.3 is 10.7 Å². The van der Waals surface area contributed by atoms with Crippen molar-refractivity contribution in [2.45, 2.75) is 0 Å². The summed E-state index contributed by atoms with van der Waals surface area (Å²) in [5.41, 5.74) is 9.39. The fraction of sp³-hybridized carbons (Fsp3) is 0. The Morgan fingerprint density at radius 1 is 1.11 bits per heavy atom. The SMILES string of the molecule is Nc1ncnc2n[nH]c(-c3ccc4cc[nH]c4c3)c12. The van der Waals surface area contributed by atoms with Crippen LogP contribution < -0.4 is 5.73 Å². The number of nitrogen functional groups attached to an aromatic ring is 1. The zero-order valence-electron chi connectivity index (χ0n) is 9.88. The van der Waals surface area contributed by atoms with E-state index in [9.17, 15) is 0 Å². The number of aromatic amines is 2. The number of nitrogens with zero attached hydrogens (tertiary/aromatic N) is 3. The summed E-state index contributed by atoms with van der Waals surface area (Å²) in [4.78, 5) is 11.3. The molecule has 0 fully saturated rings. The summed E-state index contributed by atoms with van der Waals surface area (Å²) < 4.78 is 0. The van der Waals surface area contributed by atoms with Gasteiger partial charge in [-0.2, -0.15) is 5.10 Å². The van der Waals surface area contributed by atoms with E-state index < -0.39 is 0 Å². The van der Waals surface area contributed by atoms with Crippen LogP contribution in [0.4, 0.5) is 5.82 Å². The van der Waals surface area contributed by atoms with Crippen LogP contribution in [-0.2, 0) is 0 Å². The smallest absolute Gasteiger partial charge is 0.186 e. The lowest BCUT2D eigenvalue weighted by molar-refractivity contribution is 1.09. The van der Waals surface area contributed by atoms with Crippen LogP contribution in [0.25, 0.3) is 33.2 Å². The largest absolute Gasteiger partial charge is 0.383 e. The van der Waals surface area contributed by atoms with Gasteiger partial charge in [0.1, 0.15) is 12.1 Å². The van der Waals surface area contributed by atoms with Gasteiger partial charge in [0.25, 0.3) is 0 Å². The molecule has 0 saturated carbocycles. The topological polar surface area (TPSA) is 96.3 Å². The average Bonchev–Trinajstić information content (AvgIpc) is 3.04. The molecule has 19 heavy (non-hydrogen) atoms. The summed E-state index contributed by atoms with van der Waals surface area (Å²) in [6.45, 7) is 0. The van der Waals surface area contributed by atoms with Crippen molar-refractivity contribution in [1.29, 1.82) is 0 Å². The van der Waals surface area contributed by atoms with Crippen molar-refractivity contribution in [3.8, 4) is 11.3 Å². The molecule has 0 aliphatic heterocycles. The third-order valence-corrected chi connectivity index (χ3v) is 3.22. The van der Waals surface area contributed by atoms with Crippen LogP contribution in [0, 0.1) is 0 Å². The van der Waals surface area contributed by atoms with E-state index in [1.807, 2.05) is 24.4 Å². The van der Waals surface area contributed by atoms with Crippen LogP contribution in [0.15, 0.2) is 36.8 Å². The van der Waals surface area contributed by atoms with Gasteiger partial charge in [-0.15, -0.1) is 0 Å². The Morgan fingerprint density at radius 3 is 3.00 bits per heavy atom. The van der Waals surface area contributed by atoms with Gasteiger partial charge in [0.05, 0.1) is 11.1 Å². The van der Waals surface area contributed by atoms with Gasteiger partial charge in [-0.25, -0.2) is 9.97 Å². The Labute approximate surface area is 107 Å². The van der Waals surface area contributed by atoms with Crippen LogP contribution >= 0.6 is 0 Å². The van der Waals surface area contributed by atoms with E-state index in [1.54, 1.807) is 0 Å². The van der Waals surface area contributed by atoms with E-state index in [1.165, 1.54) is 6.33 Å². The first-order valence-corrected chi connectivity index (χ1v) is 5.85. The van der Waals surface area contributed by atoms with E-state index in [0.717, 1.165) is 27.5 Å². The molecule has 0 bridgehead atoms. The summed E-state index contributed by atoms with van der Waals surface area (Å²) >= 11 is 0. The minimum atomic E-state index is 0.431. The van der Waals surface area contributed by atoms with Crippen molar-refractivity contribution in [2.24, 2.45) is 0 Å². The highest BCUT2D eigenvalue weighted by atomic mass is 15.2. The van der Waals surface area contributed by atoms with Gasteiger partial charge in [-0.3, -0.25) is 5.10 Å². The first kappa shape index (κ1) is 10.1. The van der Waals surface area contributed by atoms with E-state index in [2.05, 4.69) is 31.2 Å². The molecule has 3 heterocycles. The summed E-state index contributed by atoms with van der Waals surface area (Å²) in [6, 6.07) is 8.15. The number of rotatable bonds is 1. The number of fused-ring (bicyclic) bond motifs is 2. The first-order chi connectivity index (χ1) is 9.33. The Balaban J connectivity index is 2.03. The average molecular weight is 250 g/mol. The minimum Gasteiger partial charge on any atom is -0.383 e. The highest BCUT2D eigenvalue weighted by molar-refractivity contribution is 5.99. The van der Waals surface area contributed by atoms with Crippen LogP contribution in [0.1, 0.15) is 0 Å². The van der Waals surface area contributed by atoms with Crippen molar-refractivity contribution in [2.75, 3.05) is 5.73 Å². The molecular formula is C13H10N6. The fourth-order valence-electron chi connectivity index (χ4n) is 2.29. The molecule has 0 radical (unpaired) electrons. The molecule has 1 aromatic carbocycles. The van der Waals surface area contributed by atoms with Gasteiger partial charge in [-0.1, -0.05) is 12.1 Å². The number of anilines is 1. The molecule has 0 aliphatic carbocycles. The lowest BCUT2D eigenvalue weighted by atomic mass is 10.1. The highest BCUT2D eigenvalue weighted by Crippen LogP contribution is 2.29. The van der Waals surface area contributed by atoms with Crippen LogP contribution in [0.2, 0.25) is 0 Å². The third kappa shape index (κ3) is 1.40. The quantitative estimate of drug-likeness (QED) is 0.482. The van der Waals surface area contributed by atoms with Crippen LogP contribution in [0.5, 0.6) is 0 Å². The summed E-state index contributed by atoms with van der Waals surface area (Å²) in [6.07, 6.45) is 3.33. The van der Waals surface area contributed by atoms with Crippen LogP contribution in [0.3, 0.4) is 0 Å². The predicted molar refractivity (Wildman–Crippen MR) is 73.4 cm³/mol.